The Hall–Kier alpha value is -3.40. The van der Waals surface area contributed by atoms with Crippen molar-refractivity contribution < 1.29 is 19.0 Å². The highest BCUT2D eigenvalue weighted by Crippen LogP contribution is 2.35. The number of aromatic nitrogens is 4. The van der Waals surface area contributed by atoms with Crippen LogP contribution >= 0.6 is 11.6 Å². The maximum absolute atomic E-state index is 15.0. The Kier molecular flexibility index (Phi) is 6.23. The number of hydrogen-bond acceptors (Lipinski definition) is 8. The summed E-state index contributed by atoms with van der Waals surface area (Å²) in [4.78, 5) is 11.0. The Balaban J connectivity index is 1.56. The first-order valence-electron chi connectivity index (χ1n) is 10.7. The zero-order chi connectivity index (χ0) is 23.7. The van der Waals surface area contributed by atoms with E-state index < -0.39 is 11.9 Å². The van der Waals surface area contributed by atoms with Crippen molar-refractivity contribution in [2.75, 3.05) is 38.3 Å². The molecule has 1 aliphatic heterocycles. The van der Waals surface area contributed by atoms with Gasteiger partial charge in [0.1, 0.15) is 18.2 Å². The average Bonchev–Trinajstić information content (AvgIpc) is 2.88. The number of aliphatic hydroxyl groups excluding tert-OH is 1. The molecule has 1 atom stereocenters. The van der Waals surface area contributed by atoms with Gasteiger partial charge in [-0.3, -0.25) is 0 Å². The van der Waals surface area contributed by atoms with Crippen LogP contribution in [0.15, 0.2) is 48.8 Å². The van der Waals surface area contributed by atoms with Gasteiger partial charge in [0.05, 0.1) is 37.1 Å². The smallest absolute Gasteiger partial charge is 0.239 e. The van der Waals surface area contributed by atoms with E-state index in [1.807, 2.05) is 18.2 Å². The summed E-state index contributed by atoms with van der Waals surface area (Å²) >= 11 is 5.96. The van der Waals surface area contributed by atoms with E-state index in [1.54, 1.807) is 6.07 Å². The second kappa shape index (κ2) is 9.46. The van der Waals surface area contributed by atoms with Gasteiger partial charge in [0.15, 0.2) is 5.15 Å². The third-order valence-electron chi connectivity index (χ3n) is 5.80. The first-order chi connectivity index (χ1) is 16.5. The summed E-state index contributed by atoms with van der Waals surface area (Å²) in [7, 11) is 1.42. The summed E-state index contributed by atoms with van der Waals surface area (Å²) in [6.07, 6.45) is 0.252. The third-order valence-corrected chi connectivity index (χ3v) is 5.99. The van der Waals surface area contributed by atoms with E-state index in [0.29, 0.717) is 40.9 Å². The highest BCUT2D eigenvalue weighted by molar-refractivity contribution is 6.29. The van der Waals surface area contributed by atoms with Gasteiger partial charge in [-0.15, -0.1) is 10.2 Å². The molecule has 2 aromatic heterocycles. The summed E-state index contributed by atoms with van der Waals surface area (Å²) in [5, 5.41) is 19.4. The average molecular weight is 482 g/mol. The first kappa shape index (κ1) is 22.4. The molecular weight excluding hydrogens is 461 g/mol. The summed E-state index contributed by atoms with van der Waals surface area (Å²) in [6.45, 7) is 2.96. The lowest BCUT2D eigenvalue weighted by molar-refractivity contribution is 0.122. The number of benzene rings is 2. The van der Waals surface area contributed by atoms with Gasteiger partial charge < -0.3 is 19.5 Å². The predicted octanol–water partition coefficient (Wildman–Crippen LogP) is 3.81. The number of halogens is 2. The number of methoxy groups -OCH3 is 1. The van der Waals surface area contributed by atoms with E-state index in [4.69, 9.17) is 21.1 Å². The van der Waals surface area contributed by atoms with Crippen LogP contribution in [0.2, 0.25) is 5.15 Å². The largest absolute Gasteiger partial charge is 0.480 e. The minimum absolute atomic E-state index is 0.107. The van der Waals surface area contributed by atoms with Gasteiger partial charge in [0, 0.05) is 29.7 Å². The van der Waals surface area contributed by atoms with Crippen molar-refractivity contribution in [3.8, 4) is 17.1 Å². The van der Waals surface area contributed by atoms with Gasteiger partial charge in [-0.1, -0.05) is 17.7 Å². The molecule has 10 heteroatoms. The lowest BCUT2D eigenvalue weighted by Gasteiger charge is -2.29. The van der Waals surface area contributed by atoms with Gasteiger partial charge in [-0.05, 0) is 42.0 Å². The summed E-state index contributed by atoms with van der Waals surface area (Å²) in [5.41, 5.74) is 3.15. The molecule has 0 spiro atoms. The Morgan fingerprint density at radius 2 is 1.91 bits per heavy atom. The maximum Gasteiger partial charge on any atom is 0.239 e. The summed E-state index contributed by atoms with van der Waals surface area (Å²) in [5.74, 6) is -0.336. The molecule has 1 saturated heterocycles. The van der Waals surface area contributed by atoms with Crippen molar-refractivity contribution in [2.45, 2.75) is 6.10 Å². The van der Waals surface area contributed by atoms with Crippen molar-refractivity contribution in [3.63, 3.8) is 0 Å². The quantitative estimate of drug-likeness (QED) is 0.460. The van der Waals surface area contributed by atoms with Gasteiger partial charge >= 0.3 is 0 Å². The molecule has 0 amide bonds. The molecule has 1 aliphatic rings. The van der Waals surface area contributed by atoms with Crippen LogP contribution in [0.25, 0.3) is 22.2 Å². The van der Waals surface area contributed by atoms with Crippen molar-refractivity contribution >= 4 is 28.2 Å². The van der Waals surface area contributed by atoms with Gasteiger partial charge in [0.25, 0.3) is 0 Å². The fourth-order valence-electron chi connectivity index (χ4n) is 4.08. The lowest BCUT2D eigenvalue weighted by Crippen LogP contribution is -2.36. The third kappa shape index (κ3) is 4.25. The Labute approximate surface area is 200 Å². The molecule has 5 rings (SSSR count). The molecule has 4 aromatic rings. The number of nitrogens with zero attached hydrogens (tertiary/aromatic N) is 5. The molecule has 0 radical (unpaired) electrons. The van der Waals surface area contributed by atoms with Crippen LogP contribution in [0.3, 0.4) is 0 Å². The van der Waals surface area contributed by atoms with Gasteiger partial charge in [-0.2, -0.15) is 0 Å². The molecule has 1 fully saturated rings. The highest BCUT2D eigenvalue weighted by atomic mass is 35.5. The van der Waals surface area contributed by atoms with E-state index in [9.17, 15) is 9.50 Å². The molecule has 174 valence electrons. The molecule has 1 unspecified atom stereocenters. The molecule has 34 heavy (non-hydrogen) atoms. The first-order valence-corrected chi connectivity index (χ1v) is 11.1. The van der Waals surface area contributed by atoms with Crippen LogP contribution < -0.4 is 9.64 Å². The highest BCUT2D eigenvalue weighted by Gasteiger charge is 2.21. The maximum atomic E-state index is 15.0. The Morgan fingerprint density at radius 3 is 2.71 bits per heavy atom. The topological polar surface area (TPSA) is 93.5 Å². The van der Waals surface area contributed by atoms with Crippen LogP contribution in [0.4, 0.5) is 10.1 Å². The van der Waals surface area contributed by atoms with E-state index in [1.165, 1.54) is 31.6 Å². The number of morpholine rings is 1. The van der Waals surface area contributed by atoms with Crippen molar-refractivity contribution in [3.05, 3.63) is 70.9 Å². The van der Waals surface area contributed by atoms with Gasteiger partial charge in [-0.25, -0.2) is 14.4 Å². The molecule has 0 saturated carbocycles. The van der Waals surface area contributed by atoms with Gasteiger partial charge in [0.2, 0.25) is 5.88 Å². The van der Waals surface area contributed by atoms with Crippen molar-refractivity contribution in [2.24, 2.45) is 0 Å². The molecule has 0 bridgehead atoms. The minimum Gasteiger partial charge on any atom is -0.480 e. The SMILES string of the molecule is COc1nnc(Cl)cc1C(O)c1ccc(F)c(-c2ncnc3cc(N4CCOCC4)ccc23)c1. The molecule has 2 aromatic carbocycles. The molecule has 0 aliphatic carbocycles. The van der Waals surface area contributed by atoms with Crippen LogP contribution in [0, 0.1) is 5.82 Å². The number of ether oxygens (including phenoxy) is 2. The number of fused-ring (bicyclic) bond motifs is 1. The zero-order valence-electron chi connectivity index (χ0n) is 18.3. The van der Waals surface area contributed by atoms with E-state index in [2.05, 4.69) is 25.1 Å². The summed E-state index contributed by atoms with van der Waals surface area (Å²) in [6, 6.07) is 11.7. The van der Waals surface area contributed by atoms with E-state index >= 15 is 0 Å². The van der Waals surface area contributed by atoms with Crippen molar-refractivity contribution in [1.29, 1.82) is 0 Å². The second-order valence-corrected chi connectivity index (χ2v) is 8.18. The molecule has 3 heterocycles. The Morgan fingerprint density at radius 1 is 1.09 bits per heavy atom. The normalized spacial score (nSPS) is 14.9. The number of rotatable bonds is 5. The van der Waals surface area contributed by atoms with Crippen LogP contribution in [0.1, 0.15) is 17.2 Å². The number of aliphatic hydroxyl groups is 1. The van der Waals surface area contributed by atoms with Crippen molar-refractivity contribution in [1.82, 2.24) is 20.2 Å². The zero-order valence-corrected chi connectivity index (χ0v) is 19.0. The monoisotopic (exact) mass is 481 g/mol. The molecular formula is C24H21ClFN5O3. The minimum atomic E-state index is -1.16. The molecule has 1 N–H and O–H groups in total. The van der Waals surface area contributed by atoms with E-state index in [0.717, 1.165) is 18.8 Å². The van der Waals surface area contributed by atoms with Crippen LogP contribution in [-0.2, 0) is 4.74 Å². The predicted molar refractivity (Wildman–Crippen MR) is 126 cm³/mol. The number of hydrogen-bond donors (Lipinski definition) is 1. The fourth-order valence-corrected chi connectivity index (χ4v) is 4.23. The number of anilines is 1. The van der Waals surface area contributed by atoms with Crippen LogP contribution in [-0.4, -0.2) is 58.7 Å². The lowest BCUT2D eigenvalue weighted by atomic mass is 9.97. The second-order valence-electron chi connectivity index (χ2n) is 7.80. The summed E-state index contributed by atoms with van der Waals surface area (Å²) < 4.78 is 25.6. The molecule has 8 nitrogen and oxygen atoms in total. The van der Waals surface area contributed by atoms with Crippen LogP contribution in [0.5, 0.6) is 5.88 Å². The fraction of sp³-hybridized carbons (Fsp3) is 0.250. The standard InChI is InChI=1S/C24H21ClFN5O3/c1-33-24-18(12-21(25)29-30-24)23(32)14-2-5-19(26)17(10-14)22-16-4-3-15(11-20(16)27-13-28-22)31-6-8-34-9-7-31/h2-5,10-13,23,32H,6-9H2,1H3. The Bertz CT molecular complexity index is 1350. The van der Waals surface area contributed by atoms with E-state index in [-0.39, 0.29) is 16.6 Å².